The number of carbonyl (C=O) groups is 3. The summed E-state index contributed by atoms with van der Waals surface area (Å²) in [4.78, 5) is 40.4. The molecule has 6 nitrogen and oxygen atoms in total. The molecule has 0 bridgehead atoms. The van der Waals surface area contributed by atoms with Crippen LogP contribution in [0.3, 0.4) is 0 Å². The molecule has 2 fully saturated rings. The van der Waals surface area contributed by atoms with Crippen molar-refractivity contribution in [2.75, 3.05) is 18.0 Å². The number of rotatable bonds is 2. The van der Waals surface area contributed by atoms with Gasteiger partial charge in [-0.2, -0.15) is 0 Å². The number of piperidine rings is 1. The van der Waals surface area contributed by atoms with Crippen LogP contribution in [-0.2, 0) is 16.1 Å². The highest BCUT2D eigenvalue weighted by atomic mass is 16.2. The summed E-state index contributed by atoms with van der Waals surface area (Å²) in [5.74, 6) is -0.0749. The normalized spacial score (nSPS) is 26.8. The van der Waals surface area contributed by atoms with Crippen molar-refractivity contribution in [1.29, 1.82) is 0 Å². The summed E-state index contributed by atoms with van der Waals surface area (Å²) in [7, 11) is 0. The summed E-state index contributed by atoms with van der Waals surface area (Å²) in [5.41, 5.74) is 2.69. The van der Waals surface area contributed by atoms with Gasteiger partial charge >= 0.3 is 0 Å². The van der Waals surface area contributed by atoms with Crippen molar-refractivity contribution in [3.05, 3.63) is 29.3 Å². The summed E-state index contributed by atoms with van der Waals surface area (Å²) < 4.78 is 0. The van der Waals surface area contributed by atoms with E-state index in [1.165, 1.54) is 0 Å². The Labute approximate surface area is 140 Å². The van der Waals surface area contributed by atoms with Crippen LogP contribution in [0.5, 0.6) is 0 Å². The van der Waals surface area contributed by atoms with Gasteiger partial charge in [-0.25, -0.2) is 0 Å². The van der Waals surface area contributed by atoms with Crippen molar-refractivity contribution >= 4 is 23.4 Å². The second kappa shape index (κ2) is 5.61. The van der Waals surface area contributed by atoms with Gasteiger partial charge in [0.15, 0.2) is 0 Å². The third kappa shape index (κ3) is 2.37. The van der Waals surface area contributed by atoms with Crippen LogP contribution in [0.2, 0.25) is 0 Å². The lowest BCUT2D eigenvalue weighted by Crippen LogP contribution is -2.52. The Morgan fingerprint density at radius 2 is 2.00 bits per heavy atom. The molecule has 0 aromatic heterocycles. The summed E-state index contributed by atoms with van der Waals surface area (Å²) in [5, 5.41) is 2.35. The maximum absolute atomic E-state index is 13.0. The van der Waals surface area contributed by atoms with Gasteiger partial charge in [-0.05, 0) is 30.4 Å². The Morgan fingerprint density at radius 1 is 1.17 bits per heavy atom. The van der Waals surface area contributed by atoms with Crippen LogP contribution in [0.1, 0.15) is 42.1 Å². The molecule has 1 aromatic carbocycles. The number of fused-ring (bicyclic) bond motifs is 1. The molecule has 1 aromatic rings. The van der Waals surface area contributed by atoms with Crippen molar-refractivity contribution in [2.24, 2.45) is 5.92 Å². The summed E-state index contributed by atoms with van der Waals surface area (Å²) in [6.45, 7) is 4.59. The van der Waals surface area contributed by atoms with E-state index in [-0.39, 0.29) is 24.1 Å². The zero-order valence-corrected chi connectivity index (χ0v) is 13.7. The predicted octanol–water partition coefficient (Wildman–Crippen LogP) is 1.29. The van der Waals surface area contributed by atoms with Crippen LogP contribution in [-0.4, -0.2) is 41.8 Å². The minimum atomic E-state index is -0.548. The van der Waals surface area contributed by atoms with Crippen LogP contribution in [0, 0.1) is 5.92 Å². The lowest BCUT2D eigenvalue weighted by atomic mass is 10.0. The van der Waals surface area contributed by atoms with Gasteiger partial charge in [-0.1, -0.05) is 19.1 Å². The molecule has 1 N–H and O–H groups in total. The molecule has 0 saturated carbocycles. The van der Waals surface area contributed by atoms with E-state index in [2.05, 4.69) is 17.1 Å². The second-order valence-corrected chi connectivity index (χ2v) is 7.05. The van der Waals surface area contributed by atoms with E-state index in [0.29, 0.717) is 18.9 Å². The van der Waals surface area contributed by atoms with Crippen molar-refractivity contribution in [3.63, 3.8) is 0 Å². The molecule has 6 heteroatoms. The number of imide groups is 1. The average Bonchev–Trinajstić information content (AvgIpc) is 3.12. The van der Waals surface area contributed by atoms with Crippen molar-refractivity contribution < 1.29 is 14.4 Å². The highest BCUT2D eigenvalue weighted by Gasteiger charge is 2.40. The van der Waals surface area contributed by atoms with E-state index in [1.54, 1.807) is 4.90 Å². The second-order valence-electron chi connectivity index (χ2n) is 7.05. The fourth-order valence-electron chi connectivity index (χ4n) is 4.01. The maximum atomic E-state index is 13.0. The van der Waals surface area contributed by atoms with E-state index >= 15 is 0 Å². The molecular weight excluding hydrogens is 306 g/mol. The molecule has 2 atom stereocenters. The van der Waals surface area contributed by atoms with Gasteiger partial charge in [-0.3, -0.25) is 19.7 Å². The smallest absolute Gasteiger partial charge is 0.257 e. The first-order valence-corrected chi connectivity index (χ1v) is 8.56. The SMILES string of the molecule is CC1CCN(c2cccc3c2C(=O)N(C2CCC(=O)NC2=O)C3)C1. The topological polar surface area (TPSA) is 69.7 Å². The van der Waals surface area contributed by atoms with E-state index in [9.17, 15) is 14.4 Å². The molecule has 0 spiro atoms. The summed E-state index contributed by atoms with van der Waals surface area (Å²) in [6, 6.07) is 5.40. The van der Waals surface area contributed by atoms with Gasteiger partial charge in [0.05, 0.1) is 5.56 Å². The first-order valence-electron chi connectivity index (χ1n) is 8.56. The minimum Gasteiger partial charge on any atom is -0.371 e. The van der Waals surface area contributed by atoms with Crippen molar-refractivity contribution in [3.8, 4) is 0 Å². The molecule has 4 rings (SSSR count). The Balaban J connectivity index is 1.63. The Kier molecular flexibility index (Phi) is 3.55. The molecular formula is C18H21N3O3. The van der Waals surface area contributed by atoms with Crippen LogP contribution in [0.4, 0.5) is 5.69 Å². The van der Waals surface area contributed by atoms with Gasteiger partial charge in [0.25, 0.3) is 5.91 Å². The molecule has 2 unspecified atom stereocenters. The third-order valence-electron chi connectivity index (χ3n) is 5.30. The van der Waals surface area contributed by atoms with Crippen molar-refractivity contribution in [2.45, 2.75) is 38.8 Å². The lowest BCUT2D eigenvalue weighted by Gasteiger charge is -2.29. The van der Waals surface area contributed by atoms with Gasteiger partial charge in [0.1, 0.15) is 6.04 Å². The molecule has 126 valence electrons. The van der Waals surface area contributed by atoms with E-state index in [0.717, 1.165) is 36.3 Å². The van der Waals surface area contributed by atoms with Crippen LogP contribution in [0.25, 0.3) is 0 Å². The van der Waals surface area contributed by atoms with Gasteiger partial charge in [0, 0.05) is 31.7 Å². The van der Waals surface area contributed by atoms with Crippen LogP contribution < -0.4 is 10.2 Å². The summed E-state index contributed by atoms with van der Waals surface area (Å²) in [6.07, 6.45) is 1.82. The number of amides is 3. The zero-order chi connectivity index (χ0) is 16.8. The highest BCUT2D eigenvalue weighted by Crippen LogP contribution is 2.35. The Bertz CT molecular complexity index is 730. The first-order chi connectivity index (χ1) is 11.5. The molecule has 3 aliphatic heterocycles. The molecule has 3 heterocycles. The predicted molar refractivity (Wildman–Crippen MR) is 88.5 cm³/mol. The minimum absolute atomic E-state index is 0.0883. The van der Waals surface area contributed by atoms with E-state index < -0.39 is 6.04 Å². The highest BCUT2D eigenvalue weighted by molar-refractivity contribution is 6.08. The number of hydrogen-bond donors (Lipinski definition) is 1. The van der Waals surface area contributed by atoms with Crippen LogP contribution >= 0.6 is 0 Å². The number of nitrogens with one attached hydrogen (secondary N) is 1. The average molecular weight is 327 g/mol. The third-order valence-corrected chi connectivity index (χ3v) is 5.30. The largest absolute Gasteiger partial charge is 0.371 e. The zero-order valence-electron chi connectivity index (χ0n) is 13.7. The maximum Gasteiger partial charge on any atom is 0.257 e. The Hall–Kier alpha value is -2.37. The molecule has 24 heavy (non-hydrogen) atoms. The first kappa shape index (κ1) is 15.2. The molecule has 3 aliphatic rings. The van der Waals surface area contributed by atoms with Crippen molar-refractivity contribution in [1.82, 2.24) is 10.2 Å². The summed E-state index contributed by atoms with van der Waals surface area (Å²) >= 11 is 0. The molecule has 0 aliphatic carbocycles. The molecule has 3 amide bonds. The Morgan fingerprint density at radius 3 is 2.71 bits per heavy atom. The quantitative estimate of drug-likeness (QED) is 0.831. The fraction of sp³-hybridized carbons (Fsp3) is 0.500. The number of benzene rings is 1. The molecule has 2 saturated heterocycles. The number of carbonyl (C=O) groups excluding carboxylic acids is 3. The lowest BCUT2D eigenvalue weighted by molar-refractivity contribution is -0.136. The van der Waals surface area contributed by atoms with Crippen LogP contribution in [0.15, 0.2) is 18.2 Å². The molecule has 0 radical (unpaired) electrons. The standard InChI is InChI=1S/C18H21N3O3/c1-11-7-8-20(9-11)13-4-2-3-12-10-21(18(24)16(12)13)14-5-6-15(22)19-17(14)23/h2-4,11,14H,5-10H2,1H3,(H,19,22,23). The van der Waals surface area contributed by atoms with Gasteiger partial charge < -0.3 is 9.80 Å². The van der Waals surface area contributed by atoms with E-state index in [1.807, 2.05) is 18.2 Å². The van der Waals surface area contributed by atoms with Gasteiger partial charge in [-0.15, -0.1) is 0 Å². The monoisotopic (exact) mass is 327 g/mol. The van der Waals surface area contributed by atoms with Gasteiger partial charge in [0.2, 0.25) is 11.8 Å². The van der Waals surface area contributed by atoms with E-state index in [4.69, 9.17) is 0 Å². The number of nitrogens with zero attached hydrogens (tertiary/aromatic N) is 2. The number of anilines is 1. The fourth-order valence-corrected chi connectivity index (χ4v) is 4.01. The number of hydrogen-bond acceptors (Lipinski definition) is 4.